The Labute approximate surface area is 216 Å². The molecule has 37 heavy (non-hydrogen) atoms. The van der Waals surface area contributed by atoms with Gasteiger partial charge in [-0.05, 0) is 59.7 Å². The fourth-order valence-corrected chi connectivity index (χ4v) is 4.53. The van der Waals surface area contributed by atoms with Crippen LogP contribution in [0.2, 0.25) is 0 Å². The first-order valence-electron chi connectivity index (χ1n) is 12.4. The summed E-state index contributed by atoms with van der Waals surface area (Å²) in [6, 6.07) is 23.5. The Morgan fingerprint density at radius 3 is 2.49 bits per heavy atom. The molecule has 7 heteroatoms. The zero-order chi connectivity index (χ0) is 26.1. The van der Waals surface area contributed by atoms with Crippen LogP contribution >= 0.6 is 0 Å². The van der Waals surface area contributed by atoms with Crippen LogP contribution in [0.4, 0.5) is 11.4 Å². The van der Waals surface area contributed by atoms with Gasteiger partial charge in [-0.1, -0.05) is 36.4 Å². The molecule has 1 fully saturated rings. The molecule has 7 nitrogen and oxygen atoms in total. The van der Waals surface area contributed by atoms with E-state index in [1.807, 2.05) is 30.3 Å². The average molecular weight is 492 g/mol. The number of nitrogens with zero attached hydrogens (tertiary/aromatic N) is 5. The number of benzene rings is 2. The number of pyridine rings is 2. The normalized spacial score (nSPS) is 12.8. The highest BCUT2D eigenvalue weighted by atomic mass is 16.2. The second-order valence-electron chi connectivity index (χ2n) is 9.87. The molecule has 0 N–H and O–H groups in total. The maximum absolute atomic E-state index is 12.9. The summed E-state index contributed by atoms with van der Waals surface area (Å²) in [4.78, 5) is 33.5. The van der Waals surface area contributed by atoms with Crippen LogP contribution in [0.1, 0.15) is 24.1 Å². The van der Waals surface area contributed by atoms with Crippen molar-refractivity contribution in [2.75, 3.05) is 25.5 Å². The third-order valence-electron chi connectivity index (χ3n) is 6.88. The van der Waals surface area contributed by atoms with Gasteiger partial charge < -0.3 is 14.4 Å². The smallest absolute Gasteiger partial charge is 0.252 e. The van der Waals surface area contributed by atoms with Gasteiger partial charge in [0, 0.05) is 39.4 Å². The number of aryl methyl sites for hydroxylation is 1. The summed E-state index contributed by atoms with van der Waals surface area (Å²) in [5.41, 5.74) is 6.20. The Hall–Kier alpha value is -4.44. The number of likely N-dealkylation sites (N-methyl/N-ethyl adjacent to an activating group) is 1. The predicted octanol–water partition coefficient (Wildman–Crippen LogP) is 4.65. The molecule has 2 aromatic heterocycles. The van der Waals surface area contributed by atoms with E-state index in [0.29, 0.717) is 34.8 Å². The van der Waals surface area contributed by atoms with Gasteiger partial charge in [0.15, 0.2) is 0 Å². The minimum Gasteiger partial charge on any atom is -0.349 e. The number of fused-ring (bicyclic) bond motifs is 1. The van der Waals surface area contributed by atoms with Gasteiger partial charge in [-0.3, -0.25) is 9.59 Å². The summed E-state index contributed by atoms with van der Waals surface area (Å²) in [6.07, 6.45) is 2.65. The van der Waals surface area contributed by atoms with Crippen LogP contribution in [-0.4, -0.2) is 41.0 Å². The molecule has 0 bridgehead atoms. The monoisotopic (exact) mass is 491 g/mol. The quantitative estimate of drug-likeness (QED) is 0.376. The van der Waals surface area contributed by atoms with Crippen LogP contribution in [0.25, 0.3) is 22.2 Å². The van der Waals surface area contributed by atoms with E-state index in [0.717, 1.165) is 41.8 Å². The second kappa shape index (κ2) is 9.90. The van der Waals surface area contributed by atoms with Gasteiger partial charge in [0.1, 0.15) is 17.3 Å². The van der Waals surface area contributed by atoms with Crippen LogP contribution in [0, 0.1) is 17.2 Å². The molecule has 2 heterocycles. The lowest BCUT2D eigenvalue weighted by molar-refractivity contribution is -0.127. The molecule has 0 unspecified atom stereocenters. The van der Waals surface area contributed by atoms with Crippen molar-refractivity contribution in [2.24, 2.45) is 13.0 Å². The van der Waals surface area contributed by atoms with Crippen molar-refractivity contribution in [1.29, 1.82) is 5.26 Å². The minimum atomic E-state index is -0.121. The first kappa shape index (κ1) is 24.3. The Morgan fingerprint density at radius 1 is 1.05 bits per heavy atom. The molecular formula is C30H29N5O2. The third-order valence-corrected chi connectivity index (χ3v) is 6.88. The number of carbonyl (C=O) groups excluding carboxylic acids is 1. The van der Waals surface area contributed by atoms with Crippen molar-refractivity contribution in [2.45, 2.75) is 19.3 Å². The highest BCUT2D eigenvalue weighted by molar-refractivity contribution is 5.91. The Morgan fingerprint density at radius 2 is 1.78 bits per heavy atom. The van der Waals surface area contributed by atoms with Gasteiger partial charge in [0.25, 0.3) is 5.56 Å². The number of hydrogen-bond acceptors (Lipinski definition) is 5. The molecule has 4 aromatic rings. The van der Waals surface area contributed by atoms with Crippen LogP contribution < -0.4 is 10.5 Å². The molecule has 1 aliphatic carbocycles. The number of nitriles is 1. The second-order valence-corrected chi connectivity index (χ2v) is 9.87. The van der Waals surface area contributed by atoms with Gasteiger partial charge in [-0.2, -0.15) is 5.26 Å². The zero-order valence-corrected chi connectivity index (χ0v) is 21.3. The molecule has 186 valence electrons. The van der Waals surface area contributed by atoms with E-state index in [-0.39, 0.29) is 11.5 Å². The lowest BCUT2D eigenvalue weighted by Crippen LogP contribution is -2.25. The molecule has 2 aromatic carbocycles. The van der Waals surface area contributed by atoms with Crippen LogP contribution in [-0.2, 0) is 18.3 Å². The maximum atomic E-state index is 12.9. The molecule has 0 saturated heterocycles. The van der Waals surface area contributed by atoms with E-state index in [4.69, 9.17) is 0 Å². The van der Waals surface area contributed by atoms with Crippen molar-refractivity contribution in [3.8, 4) is 17.2 Å². The molecule has 1 saturated carbocycles. The molecule has 0 spiro atoms. The number of anilines is 2. The number of amides is 1. The van der Waals surface area contributed by atoms with Crippen molar-refractivity contribution < 1.29 is 4.79 Å². The lowest BCUT2D eigenvalue weighted by atomic mass is 10.0. The Kier molecular flexibility index (Phi) is 6.49. The summed E-state index contributed by atoms with van der Waals surface area (Å²) in [5.74, 6) is 0.602. The predicted molar refractivity (Wildman–Crippen MR) is 146 cm³/mol. The van der Waals surface area contributed by atoms with Gasteiger partial charge >= 0.3 is 0 Å². The van der Waals surface area contributed by atoms with Crippen LogP contribution in [0.3, 0.4) is 0 Å². The van der Waals surface area contributed by atoms with Crippen molar-refractivity contribution in [1.82, 2.24) is 14.5 Å². The number of hydrogen-bond donors (Lipinski definition) is 0. The largest absolute Gasteiger partial charge is 0.349 e. The fourth-order valence-electron chi connectivity index (χ4n) is 4.53. The summed E-state index contributed by atoms with van der Waals surface area (Å²) in [5, 5.41) is 9.47. The summed E-state index contributed by atoms with van der Waals surface area (Å²) >= 11 is 0. The molecular weight excluding hydrogens is 462 g/mol. The summed E-state index contributed by atoms with van der Waals surface area (Å²) in [6.45, 7) is 0.765. The SMILES string of the molecule is CN(C)C(=O)Cc1cccc(-c2cccc(N(CC3CC3)c3cc(=O)n(C)c4ccc(C#N)nc34)c2)c1. The molecule has 1 amide bonds. The Bertz CT molecular complexity index is 1590. The first-order valence-corrected chi connectivity index (χ1v) is 12.4. The van der Waals surface area contributed by atoms with E-state index >= 15 is 0 Å². The average Bonchev–Trinajstić information content (AvgIpc) is 3.73. The molecule has 0 aliphatic heterocycles. The van der Waals surface area contributed by atoms with Crippen LogP contribution in [0.15, 0.2) is 71.5 Å². The van der Waals surface area contributed by atoms with E-state index in [9.17, 15) is 14.9 Å². The lowest BCUT2D eigenvalue weighted by Gasteiger charge is -2.27. The van der Waals surface area contributed by atoms with E-state index in [2.05, 4.69) is 34.2 Å². The van der Waals surface area contributed by atoms with E-state index < -0.39 is 0 Å². The number of carbonyl (C=O) groups is 1. The minimum absolute atomic E-state index is 0.0586. The standard InChI is InChI=1S/C30H29N5O2/c1-33(2)28(36)15-21-6-4-7-22(14-21)23-8-5-9-25(16-23)35(19-20-10-11-20)27-17-29(37)34(3)26-13-12-24(18-31)32-30(26)27/h4-9,12-14,16-17,20H,10-11,15,19H2,1-3H3. The van der Waals surface area contributed by atoms with Crippen molar-refractivity contribution >= 4 is 28.3 Å². The van der Waals surface area contributed by atoms with Gasteiger partial charge in [-0.25, -0.2) is 4.98 Å². The number of aromatic nitrogens is 2. The summed E-state index contributed by atoms with van der Waals surface area (Å²) in [7, 11) is 5.25. The zero-order valence-electron chi connectivity index (χ0n) is 21.3. The topological polar surface area (TPSA) is 82.2 Å². The number of rotatable bonds is 7. The van der Waals surface area contributed by atoms with Crippen LogP contribution in [0.5, 0.6) is 0 Å². The van der Waals surface area contributed by atoms with Gasteiger partial charge in [0.05, 0.1) is 17.6 Å². The van der Waals surface area contributed by atoms with Crippen molar-refractivity contribution in [3.63, 3.8) is 0 Å². The third kappa shape index (κ3) is 5.10. The van der Waals surface area contributed by atoms with E-state index in [1.165, 1.54) is 0 Å². The highest BCUT2D eigenvalue weighted by Crippen LogP contribution is 2.38. The van der Waals surface area contributed by atoms with Crippen molar-refractivity contribution in [3.05, 3.63) is 88.3 Å². The molecule has 0 radical (unpaired) electrons. The van der Waals surface area contributed by atoms with E-state index in [1.54, 1.807) is 48.8 Å². The summed E-state index contributed by atoms with van der Waals surface area (Å²) < 4.78 is 1.57. The molecule has 0 atom stereocenters. The molecule has 1 aliphatic rings. The van der Waals surface area contributed by atoms with Gasteiger partial charge in [-0.15, -0.1) is 0 Å². The highest BCUT2D eigenvalue weighted by Gasteiger charge is 2.27. The Balaban J connectivity index is 1.60. The fraction of sp³-hybridized carbons (Fsp3) is 0.267. The van der Waals surface area contributed by atoms with Gasteiger partial charge in [0.2, 0.25) is 5.91 Å². The maximum Gasteiger partial charge on any atom is 0.252 e. The first-order chi connectivity index (χ1) is 17.8. The molecule has 5 rings (SSSR count).